The third-order valence-corrected chi connectivity index (χ3v) is 4.23. The van der Waals surface area contributed by atoms with Gasteiger partial charge in [-0.25, -0.2) is 0 Å². The van der Waals surface area contributed by atoms with E-state index in [9.17, 15) is 0 Å². The van der Waals surface area contributed by atoms with Crippen LogP contribution in [0.1, 0.15) is 0 Å². The van der Waals surface area contributed by atoms with Gasteiger partial charge in [0.2, 0.25) is 5.88 Å². The van der Waals surface area contributed by atoms with Gasteiger partial charge in [0.1, 0.15) is 5.69 Å². The Balaban J connectivity index is 2.24. The summed E-state index contributed by atoms with van der Waals surface area (Å²) in [6, 6.07) is 9.80. The fourth-order valence-electron chi connectivity index (χ4n) is 1.96. The second kappa shape index (κ2) is 5.53. The summed E-state index contributed by atoms with van der Waals surface area (Å²) in [5.41, 5.74) is 9.32. The van der Waals surface area contributed by atoms with Gasteiger partial charge in [0.25, 0.3) is 0 Å². The predicted molar refractivity (Wildman–Crippen MR) is 90.0 cm³/mol. The van der Waals surface area contributed by atoms with Crippen molar-refractivity contribution in [2.75, 3.05) is 5.73 Å². The van der Waals surface area contributed by atoms with Crippen LogP contribution >= 0.6 is 38.5 Å². The monoisotopic (exact) mass is 441 g/mol. The molecule has 0 bridgehead atoms. The Morgan fingerprint density at radius 1 is 1.15 bits per heavy atom. The molecule has 0 amide bonds. The fraction of sp³-hybridized carbons (Fsp3) is 0. The lowest BCUT2D eigenvalue weighted by Gasteiger charge is -2.05. The van der Waals surface area contributed by atoms with E-state index in [0.29, 0.717) is 5.88 Å². The Bertz CT molecular complexity index is 758. The van der Waals surface area contributed by atoms with Crippen molar-refractivity contribution in [2.24, 2.45) is 0 Å². The van der Waals surface area contributed by atoms with Crippen LogP contribution in [0.4, 0.5) is 5.88 Å². The van der Waals surface area contributed by atoms with E-state index in [1.54, 1.807) is 12.4 Å². The molecule has 0 fully saturated rings. The van der Waals surface area contributed by atoms with Gasteiger partial charge in [0.15, 0.2) is 0 Å². The Morgan fingerprint density at radius 2 is 1.90 bits per heavy atom. The van der Waals surface area contributed by atoms with E-state index in [0.717, 1.165) is 30.4 Å². The molecule has 0 aliphatic heterocycles. The van der Waals surface area contributed by atoms with Crippen molar-refractivity contribution < 1.29 is 4.52 Å². The molecule has 3 aromatic rings. The molecular formula is C14H9BrIN3O. The zero-order chi connectivity index (χ0) is 14.1. The molecule has 0 aliphatic carbocycles. The van der Waals surface area contributed by atoms with Gasteiger partial charge in [-0.15, -0.1) is 0 Å². The van der Waals surface area contributed by atoms with Gasteiger partial charge in [-0.05, 0) is 58.5 Å². The molecule has 0 saturated heterocycles. The maximum Gasteiger partial charge on any atom is 0.230 e. The maximum atomic E-state index is 5.93. The highest BCUT2D eigenvalue weighted by atomic mass is 127. The molecule has 3 rings (SSSR count). The summed E-state index contributed by atoms with van der Waals surface area (Å²) in [6.45, 7) is 0. The van der Waals surface area contributed by atoms with E-state index in [1.807, 2.05) is 30.3 Å². The Labute approximate surface area is 137 Å². The average Bonchev–Trinajstić information content (AvgIpc) is 2.84. The van der Waals surface area contributed by atoms with E-state index in [1.165, 1.54) is 0 Å². The number of aromatic nitrogens is 2. The third-order valence-electron chi connectivity index (χ3n) is 2.87. The highest BCUT2D eigenvalue weighted by Crippen LogP contribution is 2.39. The number of hydrogen-bond donors (Lipinski definition) is 1. The second-order valence-electron chi connectivity index (χ2n) is 4.13. The number of nitrogens with two attached hydrogens (primary N) is 1. The summed E-state index contributed by atoms with van der Waals surface area (Å²) in [5.74, 6) is 0.303. The van der Waals surface area contributed by atoms with Gasteiger partial charge in [0.05, 0.1) is 5.56 Å². The standard InChI is InChI=1S/C14H9BrIN3O/c15-11-2-1-9(16)7-10(11)13-12(14(17)20-19-13)8-3-5-18-6-4-8/h1-7H,17H2. The van der Waals surface area contributed by atoms with Crippen molar-refractivity contribution in [1.82, 2.24) is 10.1 Å². The first-order valence-corrected chi connectivity index (χ1v) is 7.65. The van der Waals surface area contributed by atoms with Crippen LogP contribution in [0.5, 0.6) is 0 Å². The molecule has 0 aliphatic rings. The van der Waals surface area contributed by atoms with Gasteiger partial charge in [0, 0.05) is 26.0 Å². The molecule has 1 aromatic carbocycles. The minimum absolute atomic E-state index is 0.303. The number of halogens is 2. The molecule has 2 aromatic heterocycles. The van der Waals surface area contributed by atoms with Crippen molar-refractivity contribution in [3.63, 3.8) is 0 Å². The summed E-state index contributed by atoms with van der Waals surface area (Å²) in [5, 5.41) is 4.11. The normalized spacial score (nSPS) is 10.7. The van der Waals surface area contributed by atoms with E-state index in [4.69, 9.17) is 10.3 Å². The van der Waals surface area contributed by atoms with Crippen molar-refractivity contribution in [2.45, 2.75) is 0 Å². The molecule has 4 nitrogen and oxygen atoms in total. The number of nitrogens with zero attached hydrogens (tertiary/aromatic N) is 2. The number of nitrogen functional groups attached to an aromatic ring is 1. The largest absolute Gasteiger partial charge is 0.367 e. The van der Waals surface area contributed by atoms with Crippen LogP contribution < -0.4 is 5.73 Å². The van der Waals surface area contributed by atoms with Crippen LogP contribution in [0.15, 0.2) is 51.7 Å². The van der Waals surface area contributed by atoms with Gasteiger partial charge in [-0.2, -0.15) is 0 Å². The first-order chi connectivity index (χ1) is 9.66. The van der Waals surface area contributed by atoms with Crippen LogP contribution in [-0.4, -0.2) is 10.1 Å². The highest BCUT2D eigenvalue weighted by Gasteiger charge is 2.19. The quantitative estimate of drug-likeness (QED) is 0.600. The molecule has 2 N–H and O–H groups in total. The second-order valence-corrected chi connectivity index (χ2v) is 6.23. The van der Waals surface area contributed by atoms with Crippen molar-refractivity contribution in [1.29, 1.82) is 0 Å². The Hall–Kier alpha value is -1.41. The Kier molecular flexibility index (Phi) is 3.75. The molecule has 0 atom stereocenters. The van der Waals surface area contributed by atoms with E-state index < -0.39 is 0 Å². The first kappa shape index (κ1) is 13.6. The fourth-order valence-corrected chi connectivity index (χ4v) is 2.89. The van der Waals surface area contributed by atoms with Crippen LogP contribution in [0.3, 0.4) is 0 Å². The predicted octanol–water partition coefficient (Wildman–Crippen LogP) is 4.35. The molecule has 0 spiro atoms. The third kappa shape index (κ3) is 2.45. The van der Waals surface area contributed by atoms with E-state index in [-0.39, 0.29) is 0 Å². The molecule has 6 heteroatoms. The number of rotatable bonds is 2. The smallest absolute Gasteiger partial charge is 0.230 e. The van der Waals surface area contributed by atoms with Crippen LogP contribution in [0.25, 0.3) is 22.4 Å². The summed E-state index contributed by atoms with van der Waals surface area (Å²) in [6.07, 6.45) is 3.44. The number of pyridine rings is 1. The zero-order valence-electron chi connectivity index (χ0n) is 10.2. The van der Waals surface area contributed by atoms with Crippen molar-refractivity contribution >= 4 is 44.4 Å². The van der Waals surface area contributed by atoms with Crippen LogP contribution in [-0.2, 0) is 0 Å². The number of hydrogen-bond acceptors (Lipinski definition) is 4. The summed E-state index contributed by atoms with van der Waals surface area (Å²) >= 11 is 5.81. The van der Waals surface area contributed by atoms with Crippen molar-refractivity contribution in [3.05, 3.63) is 50.8 Å². The molecule has 0 saturated carbocycles. The topological polar surface area (TPSA) is 64.9 Å². The zero-order valence-corrected chi connectivity index (χ0v) is 13.9. The number of anilines is 1. The van der Waals surface area contributed by atoms with E-state index >= 15 is 0 Å². The summed E-state index contributed by atoms with van der Waals surface area (Å²) in [4.78, 5) is 4.02. The number of benzene rings is 1. The molecule has 0 unspecified atom stereocenters. The summed E-state index contributed by atoms with van der Waals surface area (Å²) < 4.78 is 7.24. The van der Waals surface area contributed by atoms with Gasteiger partial charge in [-0.3, -0.25) is 4.98 Å². The summed E-state index contributed by atoms with van der Waals surface area (Å²) in [7, 11) is 0. The molecule has 0 radical (unpaired) electrons. The maximum absolute atomic E-state index is 5.93. The SMILES string of the molecule is Nc1onc(-c2cc(I)ccc2Br)c1-c1ccncc1. The van der Waals surface area contributed by atoms with E-state index in [2.05, 4.69) is 48.7 Å². The van der Waals surface area contributed by atoms with Gasteiger partial charge >= 0.3 is 0 Å². The lowest BCUT2D eigenvalue weighted by molar-refractivity contribution is 0.439. The van der Waals surface area contributed by atoms with Gasteiger partial charge in [-0.1, -0.05) is 21.1 Å². The minimum atomic E-state index is 0.303. The highest BCUT2D eigenvalue weighted by molar-refractivity contribution is 14.1. The van der Waals surface area contributed by atoms with Crippen LogP contribution in [0.2, 0.25) is 0 Å². The lowest BCUT2D eigenvalue weighted by atomic mass is 10.0. The lowest BCUT2D eigenvalue weighted by Crippen LogP contribution is -1.89. The first-order valence-electron chi connectivity index (χ1n) is 5.78. The molecule has 100 valence electrons. The molecule has 20 heavy (non-hydrogen) atoms. The van der Waals surface area contributed by atoms with Crippen LogP contribution in [0, 0.1) is 3.57 Å². The molecule has 2 heterocycles. The Morgan fingerprint density at radius 3 is 2.65 bits per heavy atom. The minimum Gasteiger partial charge on any atom is -0.367 e. The molecular weight excluding hydrogens is 433 g/mol. The van der Waals surface area contributed by atoms with Crippen molar-refractivity contribution in [3.8, 4) is 22.4 Å². The average molecular weight is 442 g/mol. The van der Waals surface area contributed by atoms with Gasteiger partial charge < -0.3 is 10.3 Å².